The van der Waals surface area contributed by atoms with Gasteiger partial charge in [-0.15, -0.1) is 6.42 Å². The summed E-state index contributed by atoms with van der Waals surface area (Å²) in [5, 5.41) is 13.7. The number of piperidine rings is 1. The molecule has 0 bridgehead atoms. The lowest BCUT2D eigenvalue weighted by molar-refractivity contribution is 0.0667. The summed E-state index contributed by atoms with van der Waals surface area (Å²) in [6, 6.07) is 7.12. The summed E-state index contributed by atoms with van der Waals surface area (Å²) in [7, 11) is 0. The van der Waals surface area contributed by atoms with Crippen molar-refractivity contribution in [2.45, 2.75) is 18.9 Å². The van der Waals surface area contributed by atoms with Gasteiger partial charge in [0.15, 0.2) is 0 Å². The largest absolute Gasteiger partial charge is 0.388 e. The van der Waals surface area contributed by atoms with E-state index in [1.165, 1.54) is 0 Å². The van der Waals surface area contributed by atoms with Crippen LogP contribution in [0, 0.1) is 18.3 Å². The number of rotatable bonds is 3. The third-order valence-corrected chi connectivity index (χ3v) is 4.08. The van der Waals surface area contributed by atoms with E-state index >= 15 is 0 Å². The molecule has 1 aliphatic rings. The summed E-state index contributed by atoms with van der Waals surface area (Å²) >= 11 is 5.85. The standard InChI is InChI=1S/C16H19ClN2O2/c1-2-9-18-16(21)19-10-7-13(8-11-19)15(20)12-3-5-14(17)6-4-12/h1,3-6,13,15,20H,7-11H2,(H,18,21). The maximum absolute atomic E-state index is 11.8. The van der Waals surface area contributed by atoms with Crippen LogP contribution in [-0.2, 0) is 0 Å². The number of likely N-dealkylation sites (tertiary alicyclic amines) is 1. The number of carbonyl (C=O) groups is 1. The molecule has 1 saturated heterocycles. The topological polar surface area (TPSA) is 52.6 Å². The molecule has 21 heavy (non-hydrogen) atoms. The molecule has 2 amide bonds. The van der Waals surface area contributed by atoms with Crippen LogP contribution >= 0.6 is 11.6 Å². The second-order valence-corrected chi connectivity index (χ2v) is 5.62. The number of amides is 2. The zero-order valence-electron chi connectivity index (χ0n) is 11.8. The molecule has 1 atom stereocenters. The first kappa shape index (κ1) is 15.7. The molecule has 1 fully saturated rings. The first-order valence-electron chi connectivity index (χ1n) is 7.01. The predicted molar refractivity (Wildman–Crippen MR) is 82.9 cm³/mol. The Kier molecular flexibility index (Phi) is 5.49. The minimum atomic E-state index is -0.516. The Morgan fingerprint density at radius 1 is 1.43 bits per heavy atom. The van der Waals surface area contributed by atoms with Gasteiger partial charge in [0.25, 0.3) is 0 Å². The highest BCUT2D eigenvalue weighted by molar-refractivity contribution is 6.30. The number of hydrogen-bond donors (Lipinski definition) is 2. The van der Waals surface area contributed by atoms with Crippen LogP contribution in [0.25, 0.3) is 0 Å². The van der Waals surface area contributed by atoms with Crippen molar-refractivity contribution in [3.05, 3.63) is 34.9 Å². The van der Waals surface area contributed by atoms with E-state index in [1.54, 1.807) is 17.0 Å². The molecule has 0 aliphatic carbocycles. The average molecular weight is 307 g/mol. The van der Waals surface area contributed by atoms with Gasteiger partial charge in [-0.3, -0.25) is 0 Å². The molecule has 1 aromatic rings. The van der Waals surface area contributed by atoms with Gasteiger partial charge in [0.05, 0.1) is 12.6 Å². The fourth-order valence-corrected chi connectivity index (χ4v) is 2.71. The summed E-state index contributed by atoms with van der Waals surface area (Å²) < 4.78 is 0. The van der Waals surface area contributed by atoms with Crippen LogP contribution in [-0.4, -0.2) is 35.7 Å². The van der Waals surface area contributed by atoms with Gasteiger partial charge < -0.3 is 15.3 Å². The van der Waals surface area contributed by atoms with E-state index in [2.05, 4.69) is 11.2 Å². The van der Waals surface area contributed by atoms with Crippen molar-refractivity contribution in [3.63, 3.8) is 0 Å². The Balaban J connectivity index is 1.87. The number of aliphatic hydroxyl groups is 1. The molecule has 1 heterocycles. The van der Waals surface area contributed by atoms with E-state index in [4.69, 9.17) is 18.0 Å². The van der Waals surface area contributed by atoms with E-state index in [1.807, 2.05) is 12.1 Å². The Morgan fingerprint density at radius 2 is 2.05 bits per heavy atom. The Bertz CT molecular complexity index is 516. The van der Waals surface area contributed by atoms with Crippen LogP contribution < -0.4 is 5.32 Å². The number of halogens is 1. The van der Waals surface area contributed by atoms with Crippen LogP contribution in [0.4, 0.5) is 4.79 Å². The smallest absolute Gasteiger partial charge is 0.318 e. The zero-order valence-corrected chi connectivity index (χ0v) is 12.5. The van der Waals surface area contributed by atoms with Crippen molar-refractivity contribution in [1.29, 1.82) is 0 Å². The zero-order chi connectivity index (χ0) is 15.2. The lowest BCUT2D eigenvalue weighted by Gasteiger charge is -2.34. The quantitative estimate of drug-likeness (QED) is 0.843. The van der Waals surface area contributed by atoms with E-state index in [9.17, 15) is 9.90 Å². The van der Waals surface area contributed by atoms with E-state index in [0.29, 0.717) is 18.1 Å². The van der Waals surface area contributed by atoms with Gasteiger partial charge in [-0.05, 0) is 36.5 Å². The summed E-state index contributed by atoms with van der Waals surface area (Å²) in [5.74, 6) is 2.54. The van der Waals surface area contributed by atoms with E-state index < -0.39 is 6.10 Å². The maximum atomic E-state index is 11.8. The van der Waals surface area contributed by atoms with Crippen LogP contribution in [0.3, 0.4) is 0 Å². The highest BCUT2D eigenvalue weighted by atomic mass is 35.5. The summed E-state index contributed by atoms with van der Waals surface area (Å²) in [6.07, 6.45) is 6.14. The maximum Gasteiger partial charge on any atom is 0.318 e. The SMILES string of the molecule is C#CCNC(=O)N1CCC(C(O)c2ccc(Cl)cc2)CC1. The molecule has 4 nitrogen and oxygen atoms in total. The van der Waals surface area contributed by atoms with Crippen LogP contribution in [0.15, 0.2) is 24.3 Å². The van der Waals surface area contributed by atoms with Crippen molar-refractivity contribution >= 4 is 17.6 Å². The molecule has 1 aromatic carbocycles. The van der Waals surface area contributed by atoms with Crippen LogP contribution in [0.2, 0.25) is 5.02 Å². The number of terminal acetylenes is 1. The molecule has 5 heteroatoms. The molecule has 112 valence electrons. The van der Waals surface area contributed by atoms with Gasteiger partial charge in [-0.2, -0.15) is 0 Å². The summed E-state index contributed by atoms with van der Waals surface area (Å²) in [6.45, 7) is 1.50. The second kappa shape index (κ2) is 7.35. The first-order valence-corrected chi connectivity index (χ1v) is 7.39. The van der Waals surface area contributed by atoms with Gasteiger partial charge >= 0.3 is 6.03 Å². The summed E-state index contributed by atoms with van der Waals surface area (Å²) in [4.78, 5) is 13.5. The van der Waals surface area contributed by atoms with E-state index in [0.717, 1.165) is 18.4 Å². The molecule has 1 aliphatic heterocycles. The fourth-order valence-electron chi connectivity index (χ4n) is 2.59. The number of carbonyl (C=O) groups excluding carboxylic acids is 1. The normalized spacial score (nSPS) is 17.1. The third kappa shape index (κ3) is 4.13. The van der Waals surface area contributed by atoms with Crippen molar-refractivity contribution < 1.29 is 9.90 Å². The minimum Gasteiger partial charge on any atom is -0.388 e. The second-order valence-electron chi connectivity index (χ2n) is 5.18. The number of nitrogens with zero attached hydrogens (tertiary/aromatic N) is 1. The molecule has 0 aromatic heterocycles. The lowest BCUT2D eigenvalue weighted by atomic mass is 9.87. The Morgan fingerprint density at radius 3 is 2.62 bits per heavy atom. The Labute approximate surface area is 130 Å². The predicted octanol–water partition coefficient (Wildman–Crippen LogP) is 2.43. The Hall–Kier alpha value is -1.70. The van der Waals surface area contributed by atoms with Gasteiger partial charge in [-0.25, -0.2) is 4.79 Å². The number of urea groups is 1. The molecule has 2 N–H and O–H groups in total. The highest BCUT2D eigenvalue weighted by Gasteiger charge is 2.28. The molecule has 0 saturated carbocycles. The van der Waals surface area contributed by atoms with Gasteiger partial charge in [-0.1, -0.05) is 29.7 Å². The van der Waals surface area contributed by atoms with Crippen molar-refractivity contribution in [2.24, 2.45) is 5.92 Å². The fraction of sp³-hybridized carbons (Fsp3) is 0.438. The van der Waals surface area contributed by atoms with Gasteiger partial charge in [0.2, 0.25) is 0 Å². The number of benzene rings is 1. The minimum absolute atomic E-state index is 0.132. The van der Waals surface area contributed by atoms with Crippen molar-refractivity contribution in [1.82, 2.24) is 10.2 Å². The average Bonchev–Trinajstić information content (AvgIpc) is 2.53. The first-order chi connectivity index (χ1) is 10.1. The highest BCUT2D eigenvalue weighted by Crippen LogP contribution is 2.31. The lowest BCUT2D eigenvalue weighted by Crippen LogP contribution is -2.45. The van der Waals surface area contributed by atoms with Gasteiger partial charge in [0, 0.05) is 18.1 Å². The van der Waals surface area contributed by atoms with Crippen LogP contribution in [0.5, 0.6) is 0 Å². The summed E-state index contributed by atoms with van der Waals surface area (Å²) in [5.41, 5.74) is 0.870. The monoisotopic (exact) mass is 306 g/mol. The number of hydrogen-bond acceptors (Lipinski definition) is 2. The van der Waals surface area contributed by atoms with Crippen molar-refractivity contribution in [2.75, 3.05) is 19.6 Å². The number of aliphatic hydroxyl groups excluding tert-OH is 1. The molecule has 0 radical (unpaired) electrons. The van der Waals surface area contributed by atoms with Crippen molar-refractivity contribution in [3.8, 4) is 12.3 Å². The van der Waals surface area contributed by atoms with E-state index in [-0.39, 0.29) is 18.5 Å². The molecule has 2 rings (SSSR count). The van der Waals surface area contributed by atoms with Crippen LogP contribution in [0.1, 0.15) is 24.5 Å². The third-order valence-electron chi connectivity index (χ3n) is 3.83. The van der Waals surface area contributed by atoms with Gasteiger partial charge in [0.1, 0.15) is 0 Å². The number of nitrogens with one attached hydrogen (secondary N) is 1. The molecular weight excluding hydrogens is 288 g/mol. The molecular formula is C16H19ClN2O2. The molecule has 1 unspecified atom stereocenters. The molecule has 0 spiro atoms.